The van der Waals surface area contributed by atoms with Crippen molar-refractivity contribution >= 4 is 11.7 Å². The molecule has 1 aromatic heterocycles. The van der Waals surface area contributed by atoms with Gasteiger partial charge in [-0.15, -0.1) is 0 Å². The summed E-state index contributed by atoms with van der Waals surface area (Å²) in [5.41, 5.74) is 5.64. The maximum absolute atomic E-state index is 11.3. The molecule has 0 aromatic carbocycles. The van der Waals surface area contributed by atoms with E-state index in [4.69, 9.17) is 5.73 Å². The van der Waals surface area contributed by atoms with Gasteiger partial charge in [0.2, 0.25) is 5.91 Å². The van der Waals surface area contributed by atoms with Crippen molar-refractivity contribution in [3.8, 4) is 11.8 Å². The number of nitrogens with zero attached hydrogens (tertiary/aromatic N) is 2. The minimum Gasteiger partial charge on any atom is -0.382 e. The molecule has 0 fully saturated rings. The number of nitrogens with one attached hydrogen (secondary N) is 1. The fourth-order valence-corrected chi connectivity index (χ4v) is 1.36. The van der Waals surface area contributed by atoms with Crippen molar-refractivity contribution in [3.63, 3.8) is 0 Å². The lowest BCUT2D eigenvalue weighted by molar-refractivity contribution is -0.120. The Morgan fingerprint density at radius 3 is 3.00 bits per heavy atom. The number of rotatable bonds is 4. The van der Waals surface area contributed by atoms with Crippen molar-refractivity contribution in [1.29, 1.82) is 0 Å². The molecular formula is C13H18N4O2. The lowest BCUT2D eigenvalue weighted by atomic mass is 10.2. The van der Waals surface area contributed by atoms with Crippen LogP contribution in [0.1, 0.15) is 31.7 Å². The number of aryl methyl sites for hydroxylation is 1. The zero-order valence-electron chi connectivity index (χ0n) is 11.2. The highest BCUT2D eigenvalue weighted by Crippen LogP contribution is 2.01. The lowest BCUT2D eigenvalue weighted by Gasteiger charge is -2.00. The molecular weight excluding hydrogens is 244 g/mol. The van der Waals surface area contributed by atoms with E-state index in [1.54, 1.807) is 7.05 Å². The molecule has 1 amide bonds. The normalized spacial score (nSPS) is 9.58. The molecule has 0 unspecified atom stereocenters. The third-order valence-corrected chi connectivity index (χ3v) is 2.47. The van der Waals surface area contributed by atoms with Gasteiger partial charge in [0.15, 0.2) is 0 Å². The third kappa shape index (κ3) is 4.84. The molecule has 6 nitrogen and oxygen atoms in total. The fraction of sp³-hybridized carbons (Fsp3) is 0.462. The Morgan fingerprint density at radius 2 is 2.32 bits per heavy atom. The van der Waals surface area contributed by atoms with Crippen LogP contribution in [0.25, 0.3) is 0 Å². The second kappa shape index (κ2) is 7.21. The van der Waals surface area contributed by atoms with Crippen LogP contribution in [0.2, 0.25) is 0 Å². The number of amides is 1. The fourth-order valence-electron chi connectivity index (χ4n) is 1.36. The lowest BCUT2D eigenvalue weighted by Crippen LogP contribution is -2.23. The van der Waals surface area contributed by atoms with Crippen molar-refractivity contribution < 1.29 is 4.79 Å². The van der Waals surface area contributed by atoms with Crippen LogP contribution in [-0.2, 0) is 11.8 Å². The summed E-state index contributed by atoms with van der Waals surface area (Å²) >= 11 is 0. The summed E-state index contributed by atoms with van der Waals surface area (Å²) in [6.45, 7) is 2.29. The van der Waals surface area contributed by atoms with Gasteiger partial charge < -0.3 is 15.6 Å². The molecule has 102 valence electrons. The first-order valence-electron chi connectivity index (χ1n) is 6.13. The Balaban J connectivity index is 2.57. The van der Waals surface area contributed by atoms with Crippen LogP contribution in [0.5, 0.6) is 0 Å². The summed E-state index contributed by atoms with van der Waals surface area (Å²) in [4.78, 5) is 26.1. The van der Waals surface area contributed by atoms with Crippen LogP contribution in [-0.4, -0.2) is 22.0 Å². The van der Waals surface area contributed by atoms with Gasteiger partial charge in [0.25, 0.3) is 0 Å². The molecule has 0 aliphatic carbocycles. The molecule has 1 rings (SSSR count). The largest absolute Gasteiger partial charge is 0.382 e. The minimum absolute atomic E-state index is 0.0114. The number of carbonyl (C=O) groups excluding carboxylic acids is 1. The van der Waals surface area contributed by atoms with Gasteiger partial charge in [-0.1, -0.05) is 25.2 Å². The zero-order chi connectivity index (χ0) is 14.3. The van der Waals surface area contributed by atoms with Gasteiger partial charge in [0, 0.05) is 19.7 Å². The van der Waals surface area contributed by atoms with Crippen LogP contribution in [0, 0.1) is 11.8 Å². The monoisotopic (exact) mass is 262 g/mol. The predicted molar refractivity (Wildman–Crippen MR) is 73.3 cm³/mol. The molecule has 0 radical (unpaired) electrons. The zero-order valence-corrected chi connectivity index (χ0v) is 11.2. The maximum atomic E-state index is 11.3. The predicted octanol–water partition coefficient (Wildman–Crippen LogP) is 0.0204. The Morgan fingerprint density at radius 1 is 1.58 bits per heavy atom. The second-order valence-corrected chi connectivity index (χ2v) is 4.12. The summed E-state index contributed by atoms with van der Waals surface area (Å²) in [6.07, 6.45) is 3.90. The minimum atomic E-state index is -0.420. The topological polar surface area (TPSA) is 90.0 Å². The molecule has 19 heavy (non-hydrogen) atoms. The summed E-state index contributed by atoms with van der Waals surface area (Å²) in [6, 6.07) is 0. The van der Waals surface area contributed by atoms with Crippen LogP contribution in [0.4, 0.5) is 5.82 Å². The average molecular weight is 262 g/mol. The van der Waals surface area contributed by atoms with Gasteiger partial charge in [0.1, 0.15) is 5.82 Å². The maximum Gasteiger partial charge on any atom is 0.349 e. The average Bonchev–Trinajstić information content (AvgIpc) is 2.37. The van der Waals surface area contributed by atoms with Crippen LogP contribution >= 0.6 is 0 Å². The van der Waals surface area contributed by atoms with E-state index in [9.17, 15) is 9.59 Å². The van der Waals surface area contributed by atoms with Gasteiger partial charge in [-0.2, -0.15) is 4.98 Å². The SMILES string of the molecule is CCCCC(=O)NCC#Cc1cn(C)c(=O)nc1N. The molecule has 1 heterocycles. The number of nitrogens with two attached hydrogens (primary N) is 1. The third-order valence-electron chi connectivity index (χ3n) is 2.47. The van der Waals surface area contributed by atoms with Gasteiger partial charge >= 0.3 is 5.69 Å². The summed E-state index contributed by atoms with van der Waals surface area (Å²) in [5.74, 6) is 5.65. The molecule has 0 saturated heterocycles. The van der Waals surface area contributed by atoms with Crippen molar-refractivity contribution in [3.05, 3.63) is 22.2 Å². The molecule has 0 saturated carbocycles. The Hall–Kier alpha value is -2.29. The van der Waals surface area contributed by atoms with Crippen LogP contribution in [0.15, 0.2) is 11.0 Å². The number of anilines is 1. The van der Waals surface area contributed by atoms with Gasteiger partial charge in [0.05, 0.1) is 12.1 Å². The van der Waals surface area contributed by atoms with E-state index in [-0.39, 0.29) is 18.3 Å². The van der Waals surface area contributed by atoms with Gasteiger partial charge in [-0.3, -0.25) is 4.79 Å². The number of nitrogen functional groups attached to an aromatic ring is 1. The highest BCUT2D eigenvalue weighted by Gasteiger charge is 2.00. The van der Waals surface area contributed by atoms with Crippen molar-refractivity contribution in [2.45, 2.75) is 26.2 Å². The van der Waals surface area contributed by atoms with E-state index in [1.807, 2.05) is 6.92 Å². The number of hydrogen-bond acceptors (Lipinski definition) is 4. The van der Waals surface area contributed by atoms with E-state index in [1.165, 1.54) is 10.8 Å². The van der Waals surface area contributed by atoms with Crippen molar-refractivity contribution in [2.24, 2.45) is 7.05 Å². The molecule has 1 aromatic rings. The van der Waals surface area contributed by atoms with Crippen molar-refractivity contribution in [1.82, 2.24) is 14.9 Å². The molecule has 0 aliphatic rings. The van der Waals surface area contributed by atoms with E-state index >= 15 is 0 Å². The first-order chi connectivity index (χ1) is 9.04. The first kappa shape index (κ1) is 14.8. The van der Waals surface area contributed by atoms with Gasteiger partial charge in [-0.05, 0) is 6.42 Å². The van der Waals surface area contributed by atoms with E-state index < -0.39 is 5.69 Å². The number of carbonyl (C=O) groups is 1. The van der Waals surface area contributed by atoms with E-state index in [0.717, 1.165) is 12.8 Å². The summed E-state index contributed by atoms with van der Waals surface area (Å²) in [5, 5.41) is 2.69. The molecule has 0 aliphatic heterocycles. The molecule has 3 N–H and O–H groups in total. The standard InChI is InChI=1S/C13H18N4O2/c1-3-4-7-11(18)15-8-5-6-10-9-17(2)13(19)16-12(10)14/h9H,3-4,7-8H2,1-2H3,(H,15,18)(H2,14,16,19). The second-order valence-electron chi connectivity index (χ2n) is 4.12. The smallest absolute Gasteiger partial charge is 0.349 e. The quantitative estimate of drug-likeness (QED) is 0.748. The number of aromatic nitrogens is 2. The number of hydrogen-bond donors (Lipinski definition) is 2. The first-order valence-corrected chi connectivity index (χ1v) is 6.13. The van der Waals surface area contributed by atoms with Crippen LogP contribution in [0.3, 0.4) is 0 Å². The molecule has 6 heteroatoms. The van der Waals surface area contributed by atoms with Gasteiger partial charge in [-0.25, -0.2) is 4.79 Å². The van der Waals surface area contributed by atoms with Crippen molar-refractivity contribution in [2.75, 3.05) is 12.3 Å². The highest BCUT2D eigenvalue weighted by molar-refractivity contribution is 5.76. The molecule has 0 spiro atoms. The Labute approximate surface area is 112 Å². The highest BCUT2D eigenvalue weighted by atomic mass is 16.1. The molecule has 0 atom stereocenters. The van der Waals surface area contributed by atoms with E-state index in [2.05, 4.69) is 22.1 Å². The summed E-state index contributed by atoms with van der Waals surface area (Å²) < 4.78 is 1.31. The number of unbranched alkanes of at least 4 members (excludes halogenated alkanes) is 1. The van der Waals surface area contributed by atoms with Crippen LogP contribution < -0.4 is 16.7 Å². The Bertz CT molecular complexity index is 566. The Kier molecular flexibility index (Phi) is 5.61. The molecule has 0 bridgehead atoms. The summed E-state index contributed by atoms with van der Waals surface area (Å²) in [7, 11) is 1.58. The van der Waals surface area contributed by atoms with E-state index in [0.29, 0.717) is 12.0 Å².